The lowest BCUT2D eigenvalue weighted by molar-refractivity contribution is -0.137. The molecule has 5 rings (SSSR count). The summed E-state index contributed by atoms with van der Waals surface area (Å²) in [6, 6.07) is 0.496. The van der Waals surface area contributed by atoms with Gasteiger partial charge in [-0.3, -0.25) is 4.79 Å². The lowest BCUT2D eigenvalue weighted by Gasteiger charge is -2.39. The molecule has 2 aromatic heterocycles. The molecular weight excluding hydrogens is 326 g/mol. The van der Waals surface area contributed by atoms with Gasteiger partial charge in [-0.05, 0) is 31.1 Å². The van der Waals surface area contributed by atoms with Gasteiger partial charge in [-0.1, -0.05) is 0 Å². The molecule has 1 saturated carbocycles. The summed E-state index contributed by atoms with van der Waals surface area (Å²) >= 11 is 1.56. The van der Waals surface area contributed by atoms with E-state index in [1.165, 1.54) is 6.42 Å². The SMILES string of the molecule is C[C@H]1CCN1c1nc(N2C[C@@H]3C(CC(=O)O)[C@@H]3C2)c2ncsc2n1. The molecule has 1 aliphatic carbocycles. The number of fused-ring (bicyclic) bond motifs is 2. The second-order valence-electron chi connectivity index (χ2n) is 7.18. The van der Waals surface area contributed by atoms with E-state index < -0.39 is 5.97 Å². The molecule has 8 heteroatoms. The number of aliphatic carboxylic acids is 1. The number of hydrogen-bond acceptors (Lipinski definition) is 7. The van der Waals surface area contributed by atoms with Gasteiger partial charge in [0.1, 0.15) is 5.52 Å². The van der Waals surface area contributed by atoms with Gasteiger partial charge in [0.25, 0.3) is 0 Å². The van der Waals surface area contributed by atoms with Crippen LogP contribution in [-0.4, -0.2) is 51.7 Å². The standard InChI is InChI=1S/C16H19N5O2S/c1-8-2-3-21(8)16-18-14(13-15(19-16)24-7-17-13)20-5-10-9(4-12(22)23)11(10)6-20/h7-11H,2-6H2,1H3,(H,22,23)/t8-,9?,10-,11+/m0/s1. The maximum Gasteiger partial charge on any atom is 0.303 e. The molecule has 4 heterocycles. The highest BCUT2D eigenvalue weighted by Gasteiger charge is 2.56. The van der Waals surface area contributed by atoms with Crippen LogP contribution in [0.15, 0.2) is 5.51 Å². The molecule has 0 radical (unpaired) electrons. The van der Waals surface area contributed by atoms with Gasteiger partial charge < -0.3 is 14.9 Å². The van der Waals surface area contributed by atoms with E-state index in [0.29, 0.717) is 30.2 Å². The van der Waals surface area contributed by atoms with Crippen molar-refractivity contribution >= 4 is 39.4 Å². The minimum atomic E-state index is -0.682. The number of aromatic nitrogens is 3. The van der Waals surface area contributed by atoms with Gasteiger partial charge in [0, 0.05) is 32.1 Å². The zero-order valence-corrected chi connectivity index (χ0v) is 14.2. The maximum absolute atomic E-state index is 10.9. The Morgan fingerprint density at radius 2 is 2.17 bits per heavy atom. The number of carboxylic acids is 1. The highest BCUT2D eigenvalue weighted by atomic mass is 32.1. The number of carboxylic acid groups (broad SMARTS) is 1. The molecule has 0 amide bonds. The second kappa shape index (κ2) is 5.02. The molecule has 0 spiro atoms. The summed E-state index contributed by atoms with van der Waals surface area (Å²) in [4.78, 5) is 30.4. The van der Waals surface area contributed by atoms with Crippen molar-refractivity contribution in [3.05, 3.63) is 5.51 Å². The molecule has 0 aromatic carbocycles. The number of rotatable bonds is 4. The Morgan fingerprint density at radius 3 is 2.79 bits per heavy atom. The molecule has 0 bridgehead atoms. The van der Waals surface area contributed by atoms with E-state index in [2.05, 4.69) is 21.7 Å². The number of nitrogens with zero attached hydrogens (tertiary/aromatic N) is 5. The van der Waals surface area contributed by atoms with Gasteiger partial charge in [0.15, 0.2) is 10.6 Å². The summed E-state index contributed by atoms with van der Waals surface area (Å²) in [7, 11) is 0. The van der Waals surface area contributed by atoms with E-state index >= 15 is 0 Å². The maximum atomic E-state index is 10.9. The van der Waals surface area contributed by atoms with E-state index in [1.54, 1.807) is 11.3 Å². The van der Waals surface area contributed by atoms with Gasteiger partial charge >= 0.3 is 5.97 Å². The fourth-order valence-corrected chi connectivity index (χ4v) is 4.87. The largest absolute Gasteiger partial charge is 0.481 e. The van der Waals surface area contributed by atoms with Crippen LogP contribution in [-0.2, 0) is 4.79 Å². The van der Waals surface area contributed by atoms with Crippen molar-refractivity contribution in [2.24, 2.45) is 17.8 Å². The van der Waals surface area contributed by atoms with E-state index in [0.717, 1.165) is 41.7 Å². The Labute approximate surface area is 143 Å². The number of hydrogen-bond donors (Lipinski definition) is 1. The van der Waals surface area contributed by atoms with Gasteiger partial charge in [-0.15, -0.1) is 11.3 Å². The quantitative estimate of drug-likeness (QED) is 0.905. The molecule has 1 unspecified atom stereocenters. The summed E-state index contributed by atoms with van der Waals surface area (Å²) < 4.78 is 0. The van der Waals surface area contributed by atoms with E-state index in [9.17, 15) is 4.79 Å². The Balaban J connectivity index is 1.43. The number of carbonyl (C=O) groups is 1. The normalized spacial score (nSPS) is 31.2. The molecule has 4 atom stereocenters. The molecule has 3 aliphatic rings. The van der Waals surface area contributed by atoms with Crippen LogP contribution in [0.2, 0.25) is 0 Å². The molecule has 1 N–H and O–H groups in total. The minimum Gasteiger partial charge on any atom is -0.481 e. The monoisotopic (exact) mass is 345 g/mol. The van der Waals surface area contributed by atoms with Gasteiger partial charge in [0.2, 0.25) is 5.95 Å². The summed E-state index contributed by atoms with van der Waals surface area (Å²) in [5, 5.41) is 8.98. The van der Waals surface area contributed by atoms with Crippen molar-refractivity contribution < 1.29 is 9.90 Å². The highest BCUT2D eigenvalue weighted by molar-refractivity contribution is 7.16. The first-order chi connectivity index (χ1) is 11.6. The first-order valence-corrected chi connectivity index (χ1v) is 9.34. The van der Waals surface area contributed by atoms with Crippen LogP contribution in [0.1, 0.15) is 19.8 Å². The van der Waals surface area contributed by atoms with Crippen LogP contribution >= 0.6 is 11.3 Å². The summed E-state index contributed by atoms with van der Waals surface area (Å²) in [6.45, 7) is 4.99. The van der Waals surface area contributed by atoms with Crippen molar-refractivity contribution in [2.45, 2.75) is 25.8 Å². The van der Waals surface area contributed by atoms with Crippen LogP contribution in [0.25, 0.3) is 10.3 Å². The Morgan fingerprint density at radius 1 is 1.38 bits per heavy atom. The Bertz CT molecular complexity index is 812. The second-order valence-corrected chi connectivity index (χ2v) is 8.01. The van der Waals surface area contributed by atoms with Gasteiger partial charge in [0.05, 0.1) is 5.51 Å². The number of thiazole rings is 1. The van der Waals surface area contributed by atoms with Crippen molar-refractivity contribution in [3.8, 4) is 0 Å². The van der Waals surface area contributed by atoms with E-state index in [4.69, 9.17) is 15.1 Å². The zero-order valence-electron chi connectivity index (χ0n) is 13.4. The van der Waals surface area contributed by atoms with Crippen molar-refractivity contribution in [1.29, 1.82) is 0 Å². The first-order valence-electron chi connectivity index (χ1n) is 8.46. The number of piperidine rings is 1. The van der Waals surface area contributed by atoms with Crippen LogP contribution in [0, 0.1) is 17.8 Å². The number of anilines is 2. The molecule has 2 aliphatic heterocycles. The smallest absolute Gasteiger partial charge is 0.303 e. The predicted molar refractivity (Wildman–Crippen MR) is 91.6 cm³/mol. The fourth-order valence-electron chi connectivity index (χ4n) is 4.23. The molecule has 3 fully saturated rings. The van der Waals surface area contributed by atoms with Crippen LogP contribution < -0.4 is 9.80 Å². The lowest BCUT2D eigenvalue weighted by atomic mass is 10.1. The average molecular weight is 345 g/mol. The fraction of sp³-hybridized carbons (Fsp3) is 0.625. The van der Waals surface area contributed by atoms with Crippen LogP contribution in [0.5, 0.6) is 0 Å². The van der Waals surface area contributed by atoms with Crippen molar-refractivity contribution in [2.75, 3.05) is 29.4 Å². The Kier molecular flexibility index (Phi) is 3.01. The summed E-state index contributed by atoms with van der Waals surface area (Å²) in [6.07, 6.45) is 1.49. The zero-order chi connectivity index (χ0) is 16.4. The lowest BCUT2D eigenvalue weighted by Crippen LogP contribution is -2.46. The highest BCUT2D eigenvalue weighted by Crippen LogP contribution is 2.54. The average Bonchev–Trinajstić information content (AvgIpc) is 2.97. The molecule has 126 valence electrons. The van der Waals surface area contributed by atoms with Gasteiger partial charge in [-0.25, -0.2) is 4.98 Å². The Hall–Kier alpha value is -1.96. The molecule has 2 aromatic rings. The molecular formula is C16H19N5O2S. The summed E-state index contributed by atoms with van der Waals surface area (Å²) in [5.41, 5.74) is 2.71. The molecule has 2 saturated heterocycles. The van der Waals surface area contributed by atoms with Gasteiger partial charge in [-0.2, -0.15) is 9.97 Å². The third-order valence-electron chi connectivity index (χ3n) is 5.83. The predicted octanol–water partition coefficient (Wildman–Crippen LogP) is 1.84. The molecule has 24 heavy (non-hydrogen) atoms. The topological polar surface area (TPSA) is 82.5 Å². The summed E-state index contributed by atoms with van der Waals surface area (Å²) in [5.74, 6) is 2.40. The minimum absolute atomic E-state index is 0.301. The van der Waals surface area contributed by atoms with Crippen molar-refractivity contribution in [3.63, 3.8) is 0 Å². The first kappa shape index (κ1) is 14.4. The van der Waals surface area contributed by atoms with Crippen molar-refractivity contribution in [1.82, 2.24) is 15.0 Å². The van der Waals surface area contributed by atoms with E-state index in [1.807, 2.05) is 5.51 Å². The third-order valence-corrected chi connectivity index (χ3v) is 6.54. The van der Waals surface area contributed by atoms with Crippen LogP contribution in [0.3, 0.4) is 0 Å². The van der Waals surface area contributed by atoms with E-state index in [-0.39, 0.29) is 0 Å². The molecule has 7 nitrogen and oxygen atoms in total. The van der Waals surface area contributed by atoms with Crippen LogP contribution in [0.4, 0.5) is 11.8 Å². The third kappa shape index (κ3) is 2.08.